The van der Waals surface area contributed by atoms with Crippen LogP contribution in [0.3, 0.4) is 0 Å². The summed E-state index contributed by atoms with van der Waals surface area (Å²) in [5.74, 6) is 1.31. The van der Waals surface area contributed by atoms with Gasteiger partial charge < -0.3 is 10.9 Å². The highest BCUT2D eigenvalue weighted by Crippen LogP contribution is 2.29. The molecule has 2 aliphatic heterocycles. The molecule has 0 radical (unpaired) electrons. The lowest BCUT2D eigenvalue weighted by atomic mass is 9.91. The highest BCUT2D eigenvalue weighted by molar-refractivity contribution is 7.89. The van der Waals surface area contributed by atoms with Gasteiger partial charge in [0.15, 0.2) is 5.84 Å². The second-order valence-electron chi connectivity index (χ2n) is 11.7. The van der Waals surface area contributed by atoms with Gasteiger partial charge in [0.05, 0.1) is 17.5 Å². The average Bonchev–Trinajstić information content (AvgIpc) is 2.95. The zero-order valence-electron chi connectivity index (χ0n) is 23.8. The first-order valence-corrected chi connectivity index (χ1v) is 18.1. The van der Waals surface area contributed by atoms with Crippen LogP contribution in [0.2, 0.25) is 0 Å². The first-order chi connectivity index (χ1) is 18.6. The first kappa shape index (κ1) is 33.8. The fraction of sp³-hybridized carbons (Fsp3) is 0.926. The van der Waals surface area contributed by atoms with Gasteiger partial charge in [-0.25, -0.2) is 22.1 Å². The van der Waals surface area contributed by atoms with Crippen LogP contribution >= 0.6 is 0 Å². The normalized spacial score (nSPS) is 27.0. The molecule has 12 heteroatoms. The molecule has 4 aliphatic rings. The molecule has 2 saturated heterocycles. The van der Waals surface area contributed by atoms with Gasteiger partial charge in [0.1, 0.15) is 0 Å². The van der Waals surface area contributed by atoms with Gasteiger partial charge in [-0.3, -0.25) is 0 Å². The summed E-state index contributed by atoms with van der Waals surface area (Å²) in [6, 6.07) is -0.250. The van der Waals surface area contributed by atoms with Crippen molar-refractivity contribution in [3.05, 3.63) is 0 Å². The van der Waals surface area contributed by atoms with Gasteiger partial charge in [-0.2, -0.15) is 8.61 Å². The van der Waals surface area contributed by atoms with Crippen LogP contribution in [0.25, 0.3) is 0 Å². The van der Waals surface area contributed by atoms with Gasteiger partial charge in [-0.05, 0) is 70.1 Å². The number of oxime groups is 1. The minimum atomic E-state index is -3.33. The molecule has 0 amide bonds. The molecule has 10 nitrogen and oxygen atoms in total. The largest absolute Gasteiger partial charge is 0.409 e. The lowest BCUT2D eigenvalue weighted by Crippen LogP contribution is -2.51. The summed E-state index contributed by atoms with van der Waals surface area (Å²) in [7, 11) is -6.32. The van der Waals surface area contributed by atoms with Crippen molar-refractivity contribution in [2.45, 2.75) is 122 Å². The predicted molar refractivity (Wildman–Crippen MR) is 155 cm³/mol. The molecule has 0 unspecified atom stereocenters. The summed E-state index contributed by atoms with van der Waals surface area (Å²) in [6.45, 7) is 6.78. The van der Waals surface area contributed by atoms with E-state index in [1.807, 2.05) is 0 Å². The molecule has 4 fully saturated rings. The van der Waals surface area contributed by atoms with Crippen LogP contribution in [-0.4, -0.2) is 73.2 Å². The van der Waals surface area contributed by atoms with Gasteiger partial charge in [0.25, 0.3) is 0 Å². The smallest absolute Gasteiger partial charge is 0.215 e. The minimum Gasteiger partial charge on any atom is -0.409 e. The zero-order chi connectivity index (χ0) is 28.9. The van der Waals surface area contributed by atoms with E-state index in [0.29, 0.717) is 24.6 Å². The lowest BCUT2D eigenvalue weighted by Gasteiger charge is -2.35. The predicted octanol–water partition coefficient (Wildman–Crippen LogP) is 4.41. The van der Waals surface area contributed by atoms with Crippen LogP contribution in [0.4, 0.5) is 0 Å². The number of nitriles is 1. The molecule has 2 heterocycles. The molecule has 0 aromatic heterocycles. The maximum absolute atomic E-state index is 12.6. The van der Waals surface area contributed by atoms with Crippen molar-refractivity contribution in [2.24, 2.45) is 22.7 Å². The molecule has 4 rings (SSSR count). The second-order valence-corrected chi connectivity index (χ2v) is 15.6. The third-order valence-corrected chi connectivity index (χ3v) is 12.9. The molecule has 0 aromatic rings. The fourth-order valence-electron chi connectivity index (χ4n) is 6.58. The Labute approximate surface area is 237 Å². The van der Waals surface area contributed by atoms with Crippen molar-refractivity contribution in [2.75, 3.05) is 24.6 Å². The Morgan fingerprint density at radius 2 is 1.15 bits per heavy atom. The van der Waals surface area contributed by atoms with E-state index in [0.717, 1.165) is 70.8 Å². The Morgan fingerprint density at radius 3 is 1.62 bits per heavy atom. The number of rotatable bonds is 7. The standard InChI is InChI=1S/C13H25N3O3S.C13H25NO2S.CHN/c14-13(15-17)12-8-4-5-9-16(12)20(18,19)10-11-6-2-1-3-7-11;1-12-7-5-6-10-14(12)17(15,16)11-13-8-3-2-4-9-13;1-2/h11-12,17H,1-10H2,(H2,14,15);12-13H,2-11H2,1H3;1H/t2*12-;/m01./s1. The number of hydrogen-bond donors (Lipinski definition) is 2. The van der Waals surface area contributed by atoms with E-state index in [9.17, 15) is 16.8 Å². The fourth-order valence-corrected chi connectivity index (χ4v) is 10.9. The Morgan fingerprint density at radius 1 is 0.744 bits per heavy atom. The third kappa shape index (κ3) is 10.5. The van der Waals surface area contributed by atoms with E-state index in [4.69, 9.17) is 16.2 Å². The van der Waals surface area contributed by atoms with Crippen molar-refractivity contribution in [1.82, 2.24) is 8.61 Å². The van der Waals surface area contributed by atoms with Gasteiger partial charge >= 0.3 is 0 Å². The Kier molecular flexibility index (Phi) is 14.5. The second kappa shape index (κ2) is 16.7. The average molecular weight is 590 g/mol. The number of hydrogen-bond acceptors (Lipinski definition) is 7. The summed E-state index contributed by atoms with van der Waals surface area (Å²) in [5.41, 5.74) is 5.66. The lowest BCUT2D eigenvalue weighted by molar-refractivity contribution is 0.264. The van der Waals surface area contributed by atoms with Crippen molar-refractivity contribution >= 4 is 25.9 Å². The van der Waals surface area contributed by atoms with E-state index in [-0.39, 0.29) is 23.5 Å². The molecule has 226 valence electrons. The molecule has 0 aromatic carbocycles. The van der Waals surface area contributed by atoms with Gasteiger partial charge in [0, 0.05) is 25.7 Å². The van der Waals surface area contributed by atoms with Crippen molar-refractivity contribution in [1.29, 1.82) is 5.26 Å². The summed E-state index contributed by atoms with van der Waals surface area (Å²) in [6.07, 6.45) is 17.1. The summed E-state index contributed by atoms with van der Waals surface area (Å²) < 4.78 is 53.2. The molecule has 0 bridgehead atoms. The molecular weight excluding hydrogens is 538 g/mol. The maximum atomic E-state index is 12.6. The zero-order valence-corrected chi connectivity index (χ0v) is 25.4. The van der Waals surface area contributed by atoms with Crippen LogP contribution in [0.1, 0.15) is 110 Å². The molecule has 2 saturated carbocycles. The number of nitrogens with zero attached hydrogens (tertiary/aromatic N) is 4. The molecule has 3 N–H and O–H groups in total. The molecule has 0 spiro atoms. The Bertz CT molecular complexity index is 974. The summed E-state index contributed by atoms with van der Waals surface area (Å²) in [5, 5.41) is 18.3. The van der Waals surface area contributed by atoms with Crippen LogP contribution in [0.15, 0.2) is 5.16 Å². The molecule has 2 aliphatic carbocycles. The number of nitrogens with two attached hydrogens (primary N) is 1. The Balaban J connectivity index is 0.000000260. The summed E-state index contributed by atoms with van der Waals surface area (Å²) >= 11 is 0. The first-order valence-electron chi connectivity index (χ1n) is 14.9. The van der Waals surface area contributed by atoms with Gasteiger partial charge in [-0.15, -0.1) is 0 Å². The Hall–Kier alpha value is -1.42. The van der Waals surface area contributed by atoms with Crippen LogP contribution in [0, 0.1) is 23.7 Å². The van der Waals surface area contributed by atoms with Crippen molar-refractivity contribution < 1.29 is 22.0 Å². The highest BCUT2D eigenvalue weighted by atomic mass is 32.2. The van der Waals surface area contributed by atoms with E-state index in [1.54, 1.807) is 4.31 Å². The number of sulfonamides is 2. The third-order valence-electron chi connectivity index (χ3n) is 8.71. The summed E-state index contributed by atoms with van der Waals surface area (Å²) in [4.78, 5) is 0. The van der Waals surface area contributed by atoms with Gasteiger partial charge in [-0.1, -0.05) is 56.5 Å². The maximum Gasteiger partial charge on any atom is 0.215 e. The van der Waals surface area contributed by atoms with E-state index >= 15 is 0 Å². The SMILES string of the molecule is C#N.C[C@@H]1CCCCN1S(=O)(=O)CC1CCCCC1.N/C(=N\O)[C@@H]1CCCCN1S(=O)(=O)CC1CCCCC1. The van der Waals surface area contributed by atoms with E-state index in [1.165, 1.54) is 36.4 Å². The number of piperidine rings is 2. The topological polar surface area (TPSA) is 157 Å². The monoisotopic (exact) mass is 589 g/mol. The van der Waals surface area contributed by atoms with Crippen LogP contribution < -0.4 is 5.73 Å². The molecule has 39 heavy (non-hydrogen) atoms. The van der Waals surface area contributed by atoms with Crippen LogP contribution in [0.5, 0.6) is 0 Å². The van der Waals surface area contributed by atoms with E-state index in [2.05, 4.69) is 18.7 Å². The minimum absolute atomic E-state index is 0.0110. The quantitative estimate of drug-likeness (QED) is 0.193. The van der Waals surface area contributed by atoms with Crippen LogP contribution in [-0.2, 0) is 20.0 Å². The number of amidine groups is 1. The van der Waals surface area contributed by atoms with E-state index < -0.39 is 26.1 Å². The van der Waals surface area contributed by atoms with Gasteiger partial charge in [0.2, 0.25) is 20.0 Å². The van der Waals surface area contributed by atoms with Crippen molar-refractivity contribution in [3.63, 3.8) is 0 Å². The van der Waals surface area contributed by atoms with Crippen molar-refractivity contribution in [3.8, 4) is 6.57 Å². The highest BCUT2D eigenvalue weighted by Gasteiger charge is 2.36. The molecular formula is C27H51N5O5S2. The molecule has 2 atom stereocenters.